The highest BCUT2D eigenvalue weighted by atomic mass is 19.1. The second-order valence-electron chi connectivity index (χ2n) is 2.52. The molecule has 1 aromatic rings. The van der Waals surface area contributed by atoms with E-state index < -0.39 is 33.5 Å². The Morgan fingerprint density at radius 3 is 2.60 bits per heavy atom. The van der Waals surface area contributed by atoms with Gasteiger partial charge >= 0.3 is 5.97 Å². The number of hydrogen-bond acceptors (Lipinski definition) is 4. The second-order valence-corrected chi connectivity index (χ2v) is 2.52. The van der Waals surface area contributed by atoms with E-state index in [9.17, 15) is 19.3 Å². The number of carboxylic acid groups (broad SMARTS) is 1. The molecule has 1 N–H and O–H groups in total. The number of rotatable bonds is 2. The molecule has 1 rings (SSSR count). The number of aromatic carboxylic acids is 1. The molecule has 0 unspecified atom stereocenters. The Labute approximate surface area is 82.3 Å². The highest BCUT2D eigenvalue weighted by Gasteiger charge is 2.21. The predicted molar refractivity (Wildman–Crippen MR) is 44.7 cm³/mol. The smallest absolute Gasteiger partial charge is 0.338 e. The summed E-state index contributed by atoms with van der Waals surface area (Å²) in [7, 11) is 0. The van der Waals surface area contributed by atoms with E-state index in [2.05, 4.69) is 0 Å². The van der Waals surface area contributed by atoms with Crippen molar-refractivity contribution in [1.82, 2.24) is 0 Å². The number of carboxylic acids is 1. The summed E-state index contributed by atoms with van der Waals surface area (Å²) in [5, 5.41) is 27.3. The van der Waals surface area contributed by atoms with Gasteiger partial charge in [0.2, 0.25) is 0 Å². The molecule has 0 aliphatic rings. The summed E-state index contributed by atoms with van der Waals surface area (Å²) in [6.45, 7) is 0. The lowest BCUT2D eigenvalue weighted by Gasteiger charge is -1.99. The fraction of sp³-hybridized carbons (Fsp3) is 0. The topological polar surface area (TPSA) is 104 Å². The van der Waals surface area contributed by atoms with Crippen LogP contribution in [0.25, 0.3) is 0 Å². The summed E-state index contributed by atoms with van der Waals surface area (Å²) in [4.78, 5) is 19.9. The molecule has 6 nitrogen and oxygen atoms in total. The van der Waals surface area contributed by atoms with Gasteiger partial charge < -0.3 is 5.11 Å². The molecule has 0 amide bonds. The lowest BCUT2D eigenvalue weighted by atomic mass is 10.1. The van der Waals surface area contributed by atoms with Gasteiger partial charge in [-0.05, 0) is 6.07 Å². The summed E-state index contributed by atoms with van der Waals surface area (Å²) in [5.41, 5.74) is -2.07. The fourth-order valence-corrected chi connectivity index (χ4v) is 0.966. The van der Waals surface area contributed by atoms with Crippen LogP contribution >= 0.6 is 0 Å². The van der Waals surface area contributed by atoms with E-state index in [1.807, 2.05) is 0 Å². The van der Waals surface area contributed by atoms with Crippen LogP contribution in [0.1, 0.15) is 15.9 Å². The zero-order valence-electron chi connectivity index (χ0n) is 7.10. The van der Waals surface area contributed by atoms with Gasteiger partial charge in [-0.1, -0.05) is 0 Å². The summed E-state index contributed by atoms with van der Waals surface area (Å²) >= 11 is 0. The summed E-state index contributed by atoms with van der Waals surface area (Å²) in [6.07, 6.45) is 0. The number of nitrogens with zero attached hydrogens (tertiary/aromatic N) is 2. The molecule has 76 valence electrons. The van der Waals surface area contributed by atoms with E-state index in [1.54, 1.807) is 0 Å². The predicted octanol–water partition coefficient (Wildman–Crippen LogP) is 1.30. The standard InChI is InChI=1S/C8H3FN2O4/c9-6-1-4(3-10)7(11(14)15)2-5(6)8(12)13/h1-2H,(H,12,13). The van der Waals surface area contributed by atoms with Crippen LogP contribution < -0.4 is 0 Å². The molecule has 0 heterocycles. The van der Waals surface area contributed by atoms with Gasteiger partial charge in [-0.15, -0.1) is 0 Å². The summed E-state index contributed by atoms with van der Waals surface area (Å²) in [5.74, 6) is -2.80. The number of halogens is 1. The maximum absolute atomic E-state index is 13.0. The molecule has 0 bridgehead atoms. The van der Waals surface area contributed by atoms with E-state index in [-0.39, 0.29) is 0 Å². The van der Waals surface area contributed by atoms with Gasteiger partial charge in [-0.25, -0.2) is 9.18 Å². The number of nitriles is 1. The van der Waals surface area contributed by atoms with Gasteiger partial charge in [-0.3, -0.25) is 10.1 Å². The molecule has 0 atom stereocenters. The van der Waals surface area contributed by atoms with Crippen molar-refractivity contribution in [1.29, 1.82) is 5.26 Å². The zero-order chi connectivity index (χ0) is 11.6. The first-order valence-corrected chi connectivity index (χ1v) is 3.58. The Balaban J connectivity index is 3.52. The van der Waals surface area contributed by atoms with Crippen LogP contribution in [0.4, 0.5) is 10.1 Å². The van der Waals surface area contributed by atoms with Crippen molar-refractivity contribution in [3.63, 3.8) is 0 Å². The van der Waals surface area contributed by atoms with Gasteiger partial charge in [0.25, 0.3) is 5.69 Å². The fourth-order valence-electron chi connectivity index (χ4n) is 0.966. The minimum atomic E-state index is -1.62. The first-order chi connectivity index (χ1) is 6.97. The molecule has 15 heavy (non-hydrogen) atoms. The highest BCUT2D eigenvalue weighted by molar-refractivity contribution is 5.89. The van der Waals surface area contributed by atoms with E-state index in [1.165, 1.54) is 6.07 Å². The lowest BCUT2D eigenvalue weighted by Crippen LogP contribution is -2.03. The van der Waals surface area contributed by atoms with Crippen LogP contribution in [0.3, 0.4) is 0 Å². The average molecular weight is 210 g/mol. The average Bonchev–Trinajstić information content (AvgIpc) is 2.16. The van der Waals surface area contributed by atoms with E-state index in [0.717, 1.165) is 0 Å². The third-order valence-electron chi connectivity index (χ3n) is 1.63. The summed E-state index contributed by atoms with van der Waals surface area (Å²) in [6, 6.07) is 2.46. The van der Waals surface area contributed by atoms with Crippen molar-refractivity contribution in [3.05, 3.63) is 39.2 Å². The molecule has 0 fully saturated rings. The first-order valence-electron chi connectivity index (χ1n) is 3.58. The number of nitro groups is 1. The number of carbonyl (C=O) groups is 1. The largest absolute Gasteiger partial charge is 0.478 e. The van der Waals surface area contributed by atoms with Crippen LogP contribution in [0, 0.1) is 27.3 Å². The van der Waals surface area contributed by atoms with E-state index >= 15 is 0 Å². The molecule has 0 radical (unpaired) electrons. The molecular formula is C8H3FN2O4. The van der Waals surface area contributed by atoms with Gasteiger partial charge in [0.15, 0.2) is 0 Å². The van der Waals surface area contributed by atoms with E-state index in [0.29, 0.717) is 12.1 Å². The maximum atomic E-state index is 13.0. The molecular weight excluding hydrogens is 207 g/mol. The molecule has 0 saturated heterocycles. The van der Waals surface area contributed by atoms with Crippen molar-refractivity contribution in [2.45, 2.75) is 0 Å². The van der Waals surface area contributed by atoms with Gasteiger partial charge in [0, 0.05) is 6.07 Å². The Hall–Kier alpha value is -2.49. The maximum Gasteiger partial charge on any atom is 0.338 e. The molecule has 0 spiro atoms. The zero-order valence-corrected chi connectivity index (χ0v) is 7.10. The van der Waals surface area contributed by atoms with Gasteiger partial charge in [-0.2, -0.15) is 5.26 Å². The van der Waals surface area contributed by atoms with Crippen molar-refractivity contribution in [2.75, 3.05) is 0 Å². The Morgan fingerprint density at radius 2 is 2.20 bits per heavy atom. The lowest BCUT2D eigenvalue weighted by molar-refractivity contribution is -0.385. The Kier molecular flexibility index (Phi) is 2.62. The minimum absolute atomic E-state index is 0.512. The molecule has 7 heteroatoms. The Bertz CT molecular complexity index is 492. The molecule has 0 aromatic heterocycles. The molecule has 0 saturated carbocycles. The SMILES string of the molecule is N#Cc1cc(F)c(C(=O)O)cc1[N+](=O)[O-]. The van der Waals surface area contributed by atoms with Crippen molar-refractivity contribution >= 4 is 11.7 Å². The number of hydrogen-bond donors (Lipinski definition) is 1. The monoisotopic (exact) mass is 210 g/mol. The molecule has 1 aromatic carbocycles. The second kappa shape index (κ2) is 3.71. The van der Waals surface area contributed by atoms with E-state index in [4.69, 9.17) is 10.4 Å². The van der Waals surface area contributed by atoms with Crippen molar-refractivity contribution in [3.8, 4) is 6.07 Å². The minimum Gasteiger partial charge on any atom is -0.478 e. The Morgan fingerprint density at radius 1 is 1.60 bits per heavy atom. The van der Waals surface area contributed by atoms with Gasteiger partial charge in [0.05, 0.1) is 4.92 Å². The van der Waals surface area contributed by atoms with Crippen LogP contribution in [-0.2, 0) is 0 Å². The number of benzene rings is 1. The van der Waals surface area contributed by atoms with Crippen LogP contribution in [-0.4, -0.2) is 16.0 Å². The third kappa shape index (κ3) is 1.88. The normalized spacial score (nSPS) is 9.33. The number of nitro benzene ring substituents is 1. The third-order valence-corrected chi connectivity index (χ3v) is 1.63. The van der Waals surface area contributed by atoms with Crippen LogP contribution in [0.15, 0.2) is 12.1 Å². The van der Waals surface area contributed by atoms with Crippen LogP contribution in [0.2, 0.25) is 0 Å². The van der Waals surface area contributed by atoms with Gasteiger partial charge in [0.1, 0.15) is 23.0 Å². The van der Waals surface area contributed by atoms with Crippen molar-refractivity contribution < 1.29 is 19.2 Å². The van der Waals surface area contributed by atoms with Crippen LogP contribution in [0.5, 0.6) is 0 Å². The highest BCUT2D eigenvalue weighted by Crippen LogP contribution is 2.22. The van der Waals surface area contributed by atoms with Crippen molar-refractivity contribution in [2.24, 2.45) is 0 Å². The first kappa shape index (κ1) is 10.6. The molecule has 0 aliphatic heterocycles. The quantitative estimate of drug-likeness (QED) is 0.585. The summed E-state index contributed by atoms with van der Waals surface area (Å²) < 4.78 is 13.0. The molecule has 0 aliphatic carbocycles.